The van der Waals surface area contributed by atoms with Gasteiger partial charge >= 0.3 is 0 Å². The summed E-state index contributed by atoms with van der Waals surface area (Å²) in [4.78, 5) is 3.60. The average molecular weight is 295 g/mol. The standard InChI is InChI=1S/C15H19ClN2S/c1-11(14-8-5-9-19-14)18(3)15-12(10-17-2)6-4-7-13(15)16/h4-9,11,17H,10H2,1-3H3. The van der Waals surface area contributed by atoms with Crippen LogP contribution in [0.15, 0.2) is 35.7 Å². The third kappa shape index (κ3) is 3.11. The van der Waals surface area contributed by atoms with Gasteiger partial charge in [-0.25, -0.2) is 0 Å². The molecule has 102 valence electrons. The third-order valence-electron chi connectivity index (χ3n) is 3.33. The van der Waals surface area contributed by atoms with E-state index in [0.717, 1.165) is 17.3 Å². The average Bonchev–Trinajstić information content (AvgIpc) is 2.91. The quantitative estimate of drug-likeness (QED) is 0.883. The zero-order chi connectivity index (χ0) is 13.8. The van der Waals surface area contributed by atoms with E-state index in [4.69, 9.17) is 11.6 Å². The fourth-order valence-electron chi connectivity index (χ4n) is 2.20. The third-order valence-corrected chi connectivity index (χ3v) is 4.67. The molecule has 1 heterocycles. The van der Waals surface area contributed by atoms with Crippen LogP contribution >= 0.6 is 22.9 Å². The van der Waals surface area contributed by atoms with Gasteiger partial charge in [-0.1, -0.05) is 29.8 Å². The summed E-state index contributed by atoms with van der Waals surface area (Å²) in [5.74, 6) is 0. The predicted molar refractivity (Wildman–Crippen MR) is 85.4 cm³/mol. The molecule has 1 aromatic carbocycles. The lowest BCUT2D eigenvalue weighted by atomic mass is 10.1. The zero-order valence-corrected chi connectivity index (χ0v) is 13.1. The van der Waals surface area contributed by atoms with Crippen molar-refractivity contribution in [3.8, 4) is 0 Å². The van der Waals surface area contributed by atoms with Gasteiger partial charge in [0.05, 0.1) is 16.8 Å². The van der Waals surface area contributed by atoms with Crippen LogP contribution < -0.4 is 10.2 Å². The number of hydrogen-bond donors (Lipinski definition) is 1. The highest BCUT2D eigenvalue weighted by molar-refractivity contribution is 7.10. The molecule has 2 rings (SSSR count). The number of nitrogens with one attached hydrogen (secondary N) is 1. The van der Waals surface area contributed by atoms with Crippen molar-refractivity contribution >= 4 is 28.6 Å². The van der Waals surface area contributed by atoms with E-state index in [1.807, 2.05) is 19.2 Å². The molecule has 0 radical (unpaired) electrons. The van der Waals surface area contributed by atoms with Gasteiger partial charge in [0.2, 0.25) is 0 Å². The molecule has 19 heavy (non-hydrogen) atoms. The van der Waals surface area contributed by atoms with Crippen LogP contribution in [0.4, 0.5) is 5.69 Å². The van der Waals surface area contributed by atoms with Crippen molar-refractivity contribution in [3.05, 3.63) is 51.2 Å². The van der Waals surface area contributed by atoms with E-state index in [0.29, 0.717) is 6.04 Å². The van der Waals surface area contributed by atoms with Crippen LogP contribution in [0.25, 0.3) is 0 Å². The minimum atomic E-state index is 0.315. The molecule has 0 fully saturated rings. The van der Waals surface area contributed by atoms with E-state index in [9.17, 15) is 0 Å². The van der Waals surface area contributed by atoms with E-state index < -0.39 is 0 Å². The maximum Gasteiger partial charge on any atom is 0.0643 e. The molecule has 0 aliphatic heterocycles. The second kappa shape index (κ2) is 6.42. The van der Waals surface area contributed by atoms with Crippen molar-refractivity contribution in [2.45, 2.75) is 19.5 Å². The van der Waals surface area contributed by atoms with Crippen LogP contribution in [0.2, 0.25) is 5.02 Å². The fourth-order valence-corrected chi connectivity index (χ4v) is 3.36. The molecule has 1 unspecified atom stereocenters. The first-order chi connectivity index (χ1) is 9.15. The first-order valence-electron chi connectivity index (χ1n) is 6.33. The van der Waals surface area contributed by atoms with E-state index in [1.165, 1.54) is 10.4 Å². The topological polar surface area (TPSA) is 15.3 Å². The number of anilines is 1. The summed E-state index contributed by atoms with van der Waals surface area (Å²) >= 11 is 8.18. The van der Waals surface area contributed by atoms with Gasteiger partial charge in [-0.2, -0.15) is 0 Å². The number of benzene rings is 1. The lowest BCUT2D eigenvalue weighted by Crippen LogP contribution is -2.23. The number of hydrogen-bond acceptors (Lipinski definition) is 3. The molecule has 0 bridgehead atoms. The minimum absolute atomic E-state index is 0.315. The van der Waals surface area contributed by atoms with E-state index in [-0.39, 0.29) is 0 Å². The lowest BCUT2D eigenvalue weighted by molar-refractivity contribution is 0.738. The summed E-state index contributed by atoms with van der Waals surface area (Å²) in [6.07, 6.45) is 0. The molecule has 4 heteroatoms. The number of halogens is 1. The Balaban J connectivity index is 2.35. The molecule has 1 N–H and O–H groups in total. The first-order valence-corrected chi connectivity index (χ1v) is 7.59. The Morgan fingerprint density at radius 2 is 2.11 bits per heavy atom. The van der Waals surface area contributed by atoms with Crippen LogP contribution in [-0.4, -0.2) is 14.1 Å². The smallest absolute Gasteiger partial charge is 0.0643 e. The Morgan fingerprint density at radius 3 is 2.74 bits per heavy atom. The molecule has 0 aliphatic carbocycles. The van der Waals surface area contributed by atoms with Gasteiger partial charge in [-0.05, 0) is 37.0 Å². The summed E-state index contributed by atoms with van der Waals surface area (Å²) in [5, 5.41) is 6.11. The number of thiophene rings is 1. The van der Waals surface area contributed by atoms with Gasteiger partial charge in [-0.15, -0.1) is 11.3 Å². The van der Waals surface area contributed by atoms with Crippen molar-refractivity contribution in [1.29, 1.82) is 0 Å². The van der Waals surface area contributed by atoms with Crippen LogP contribution in [0.3, 0.4) is 0 Å². The highest BCUT2D eigenvalue weighted by Crippen LogP contribution is 2.35. The molecule has 0 amide bonds. The summed E-state index contributed by atoms with van der Waals surface area (Å²) in [6.45, 7) is 3.02. The number of nitrogens with zero attached hydrogens (tertiary/aromatic N) is 1. The van der Waals surface area contributed by atoms with Crippen molar-refractivity contribution in [3.63, 3.8) is 0 Å². The number of para-hydroxylation sites is 1. The molecule has 0 saturated heterocycles. The Kier molecular flexibility index (Phi) is 4.86. The van der Waals surface area contributed by atoms with Crippen LogP contribution in [-0.2, 0) is 6.54 Å². The maximum atomic E-state index is 6.40. The molecule has 2 nitrogen and oxygen atoms in total. The van der Waals surface area contributed by atoms with E-state index in [1.54, 1.807) is 11.3 Å². The lowest BCUT2D eigenvalue weighted by Gasteiger charge is -2.29. The van der Waals surface area contributed by atoms with Crippen molar-refractivity contribution < 1.29 is 0 Å². The Hall–Kier alpha value is -1.03. The van der Waals surface area contributed by atoms with Crippen molar-refractivity contribution in [2.24, 2.45) is 0 Å². The predicted octanol–water partition coefficient (Wildman–Crippen LogP) is 4.32. The van der Waals surface area contributed by atoms with Crippen LogP contribution in [0.5, 0.6) is 0 Å². The zero-order valence-electron chi connectivity index (χ0n) is 11.5. The van der Waals surface area contributed by atoms with Crippen LogP contribution in [0.1, 0.15) is 23.4 Å². The highest BCUT2D eigenvalue weighted by Gasteiger charge is 2.18. The number of rotatable bonds is 5. The maximum absolute atomic E-state index is 6.40. The van der Waals surface area contributed by atoms with E-state index in [2.05, 4.69) is 47.8 Å². The molecule has 0 aliphatic rings. The fraction of sp³-hybridized carbons (Fsp3) is 0.333. The first kappa shape index (κ1) is 14.4. The second-order valence-corrected chi connectivity index (χ2v) is 5.97. The summed E-state index contributed by atoms with van der Waals surface area (Å²) in [7, 11) is 4.05. The second-order valence-electron chi connectivity index (χ2n) is 4.58. The highest BCUT2D eigenvalue weighted by atomic mass is 35.5. The van der Waals surface area contributed by atoms with E-state index >= 15 is 0 Å². The van der Waals surface area contributed by atoms with Gasteiger partial charge in [0, 0.05) is 18.5 Å². The normalized spacial score (nSPS) is 12.4. The molecule has 1 atom stereocenters. The molecule has 1 aromatic heterocycles. The molecule has 2 aromatic rings. The Labute approximate surface area is 124 Å². The van der Waals surface area contributed by atoms with Gasteiger partial charge in [0.15, 0.2) is 0 Å². The van der Waals surface area contributed by atoms with Gasteiger partial charge in [-0.3, -0.25) is 0 Å². The largest absolute Gasteiger partial charge is 0.366 e. The van der Waals surface area contributed by atoms with Gasteiger partial charge < -0.3 is 10.2 Å². The minimum Gasteiger partial charge on any atom is -0.366 e. The summed E-state index contributed by atoms with van der Waals surface area (Å²) < 4.78 is 0. The van der Waals surface area contributed by atoms with Crippen molar-refractivity contribution in [1.82, 2.24) is 5.32 Å². The summed E-state index contributed by atoms with van der Waals surface area (Å²) in [6, 6.07) is 10.6. The Bertz CT molecular complexity index is 525. The summed E-state index contributed by atoms with van der Waals surface area (Å²) in [5.41, 5.74) is 2.33. The Morgan fingerprint density at radius 1 is 1.32 bits per heavy atom. The SMILES string of the molecule is CNCc1cccc(Cl)c1N(C)C(C)c1cccs1. The van der Waals surface area contributed by atoms with Crippen LogP contribution in [0, 0.1) is 0 Å². The molecular formula is C15H19ClN2S. The molecule has 0 saturated carbocycles. The van der Waals surface area contributed by atoms with Gasteiger partial charge in [0.25, 0.3) is 0 Å². The molecular weight excluding hydrogens is 276 g/mol. The van der Waals surface area contributed by atoms with Crippen molar-refractivity contribution in [2.75, 3.05) is 19.0 Å². The molecule has 0 spiro atoms. The van der Waals surface area contributed by atoms with Gasteiger partial charge in [0.1, 0.15) is 0 Å². The monoisotopic (exact) mass is 294 g/mol.